The Balaban J connectivity index is 1.84. The molecule has 0 bridgehead atoms. The van der Waals surface area contributed by atoms with E-state index in [1.165, 1.54) is 6.54 Å². The summed E-state index contributed by atoms with van der Waals surface area (Å²) in [5, 5.41) is 3.36. The lowest BCUT2D eigenvalue weighted by Crippen LogP contribution is -2.42. The molecule has 3 unspecified atom stereocenters. The van der Waals surface area contributed by atoms with E-state index >= 15 is 0 Å². The van der Waals surface area contributed by atoms with Crippen LogP contribution in [-0.2, 0) is 9.47 Å². The molecule has 0 saturated carbocycles. The first kappa shape index (κ1) is 13.3. The Morgan fingerprint density at radius 2 is 2.24 bits per heavy atom. The standard InChI is InChI=1S/C13H26N2O2/c1-3-12-8-15(5-4-6-17-12)7-11-9-16-10-13(11)14-2/h11-14H,3-10H2,1-2H3. The predicted molar refractivity (Wildman–Crippen MR) is 68.2 cm³/mol. The average molecular weight is 242 g/mol. The van der Waals surface area contributed by atoms with Crippen molar-refractivity contribution in [3.8, 4) is 0 Å². The largest absolute Gasteiger partial charge is 0.379 e. The number of nitrogens with one attached hydrogen (secondary N) is 1. The fourth-order valence-corrected chi connectivity index (χ4v) is 2.81. The third-order valence-electron chi connectivity index (χ3n) is 3.95. The van der Waals surface area contributed by atoms with Gasteiger partial charge in [0, 0.05) is 38.2 Å². The maximum atomic E-state index is 5.81. The van der Waals surface area contributed by atoms with Gasteiger partial charge in [-0.3, -0.25) is 0 Å². The fraction of sp³-hybridized carbons (Fsp3) is 1.00. The van der Waals surface area contributed by atoms with Gasteiger partial charge in [0.25, 0.3) is 0 Å². The number of hydrogen-bond acceptors (Lipinski definition) is 4. The highest BCUT2D eigenvalue weighted by Gasteiger charge is 2.29. The zero-order valence-electron chi connectivity index (χ0n) is 11.2. The SMILES string of the molecule is CCC1CN(CC2COCC2NC)CCCO1. The lowest BCUT2D eigenvalue weighted by molar-refractivity contribution is 0.0491. The maximum Gasteiger partial charge on any atom is 0.0699 e. The first-order chi connectivity index (χ1) is 8.33. The summed E-state index contributed by atoms with van der Waals surface area (Å²) in [6.07, 6.45) is 2.70. The molecular weight excluding hydrogens is 216 g/mol. The van der Waals surface area contributed by atoms with Crippen LogP contribution in [0.3, 0.4) is 0 Å². The summed E-state index contributed by atoms with van der Waals surface area (Å²) < 4.78 is 11.4. The topological polar surface area (TPSA) is 33.7 Å². The summed E-state index contributed by atoms with van der Waals surface area (Å²) >= 11 is 0. The van der Waals surface area contributed by atoms with Gasteiger partial charge < -0.3 is 19.7 Å². The number of hydrogen-bond donors (Lipinski definition) is 1. The van der Waals surface area contributed by atoms with E-state index in [2.05, 4.69) is 17.1 Å². The summed E-state index contributed by atoms with van der Waals surface area (Å²) in [5.74, 6) is 0.635. The van der Waals surface area contributed by atoms with Crippen molar-refractivity contribution in [2.75, 3.05) is 46.5 Å². The summed E-state index contributed by atoms with van der Waals surface area (Å²) in [6.45, 7) is 8.30. The van der Waals surface area contributed by atoms with Gasteiger partial charge in [0.1, 0.15) is 0 Å². The van der Waals surface area contributed by atoms with Gasteiger partial charge >= 0.3 is 0 Å². The monoisotopic (exact) mass is 242 g/mol. The first-order valence-corrected chi connectivity index (χ1v) is 6.92. The number of nitrogens with zero attached hydrogens (tertiary/aromatic N) is 1. The maximum absolute atomic E-state index is 5.81. The fourth-order valence-electron chi connectivity index (χ4n) is 2.81. The molecule has 2 rings (SSSR count). The number of rotatable bonds is 4. The van der Waals surface area contributed by atoms with E-state index in [0.717, 1.165) is 45.8 Å². The van der Waals surface area contributed by atoms with Gasteiger partial charge in [0.05, 0.1) is 19.3 Å². The third-order valence-corrected chi connectivity index (χ3v) is 3.95. The van der Waals surface area contributed by atoms with Gasteiger partial charge in [-0.05, 0) is 19.9 Å². The Kier molecular flexibility index (Phi) is 5.22. The van der Waals surface area contributed by atoms with E-state index in [4.69, 9.17) is 9.47 Å². The first-order valence-electron chi connectivity index (χ1n) is 6.92. The van der Waals surface area contributed by atoms with Crippen molar-refractivity contribution < 1.29 is 9.47 Å². The molecule has 1 N–H and O–H groups in total. The zero-order valence-corrected chi connectivity index (χ0v) is 11.2. The molecule has 2 heterocycles. The van der Waals surface area contributed by atoms with E-state index in [1.807, 2.05) is 7.05 Å². The lowest BCUT2D eigenvalue weighted by atomic mass is 10.0. The van der Waals surface area contributed by atoms with Crippen molar-refractivity contribution in [2.24, 2.45) is 5.92 Å². The molecule has 0 aromatic heterocycles. The second kappa shape index (κ2) is 6.69. The van der Waals surface area contributed by atoms with Crippen LogP contribution in [0.4, 0.5) is 0 Å². The molecule has 3 atom stereocenters. The summed E-state index contributed by atoms with van der Waals surface area (Å²) in [5.41, 5.74) is 0. The minimum absolute atomic E-state index is 0.424. The van der Waals surface area contributed by atoms with Crippen LogP contribution in [-0.4, -0.2) is 63.5 Å². The van der Waals surface area contributed by atoms with Crippen LogP contribution in [0.25, 0.3) is 0 Å². The molecular formula is C13H26N2O2. The third kappa shape index (κ3) is 3.65. The molecule has 0 amide bonds. The normalized spacial score (nSPS) is 36.0. The molecule has 0 aliphatic carbocycles. The Morgan fingerprint density at radius 1 is 1.35 bits per heavy atom. The van der Waals surface area contributed by atoms with Crippen LogP contribution >= 0.6 is 0 Å². The smallest absolute Gasteiger partial charge is 0.0699 e. The van der Waals surface area contributed by atoms with Crippen molar-refractivity contribution in [3.63, 3.8) is 0 Å². The minimum Gasteiger partial charge on any atom is -0.379 e. The van der Waals surface area contributed by atoms with Crippen LogP contribution in [0.15, 0.2) is 0 Å². The van der Waals surface area contributed by atoms with Gasteiger partial charge in [-0.2, -0.15) is 0 Å². The molecule has 2 fully saturated rings. The highest BCUT2D eigenvalue weighted by molar-refractivity contribution is 4.83. The molecule has 100 valence electrons. The molecule has 0 radical (unpaired) electrons. The van der Waals surface area contributed by atoms with Crippen LogP contribution in [0.1, 0.15) is 19.8 Å². The van der Waals surface area contributed by atoms with Crippen molar-refractivity contribution in [1.29, 1.82) is 0 Å². The Hall–Kier alpha value is -0.160. The van der Waals surface area contributed by atoms with Gasteiger partial charge in [-0.1, -0.05) is 6.92 Å². The van der Waals surface area contributed by atoms with Crippen molar-refractivity contribution in [1.82, 2.24) is 10.2 Å². The van der Waals surface area contributed by atoms with Crippen molar-refractivity contribution >= 4 is 0 Å². The van der Waals surface area contributed by atoms with Crippen LogP contribution < -0.4 is 5.32 Å². The molecule has 2 aliphatic rings. The van der Waals surface area contributed by atoms with Crippen molar-refractivity contribution in [3.05, 3.63) is 0 Å². The quantitative estimate of drug-likeness (QED) is 0.788. The summed E-state index contributed by atoms with van der Waals surface area (Å²) in [6, 6.07) is 0.527. The second-order valence-corrected chi connectivity index (χ2v) is 5.21. The molecule has 4 heteroatoms. The number of likely N-dealkylation sites (N-methyl/N-ethyl adjacent to an activating group) is 1. The van der Waals surface area contributed by atoms with Crippen LogP contribution in [0.2, 0.25) is 0 Å². The second-order valence-electron chi connectivity index (χ2n) is 5.21. The summed E-state index contributed by atoms with van der Waals surface area (Å²) in [4.78, 5) is 2.56. The van der Waals surface area contributed by atoms with Gasteiger partial charge in [-0.25, -0.2) is 0 Å². The van der Waals surface area contributed by atoms with Crippen LogP contribution in [0, 0.1) is 5.92 Å². The van der Waals surface area contributed by atoms with E-state index < -0.39 is 0 Å². The molecule has 2 aliphatic heterocycles. The minimum atomic E-state index is 0.424. The van der Waals surface area contributed by atoms with E-state index in [9.17, 15) is 0 Å². The molecule has 0 spiro atoms. The Labute approximate surface area is 105 Å². The van der Waals surface area contributed by atoms with Crippen LogP contribution in [0.5, 0.6) is 0 Å². The zero-order chi connectivity index (χ0) is 12.1. The van der Waals surface area contributed by atoms with E-state index in [1.54, 1.807) is 0 Å². The summed E-state index contributed by atoms with van der Waals surface area (Å²) in [7, 11) is 2.03. The Morgan fingerprint density at radius 3 is 3.00 bits per heavy atom. The Bertz CT molecular complexity index is 225. The highest BCUT2D eigenvalue weighted by Crippen LogP contribution is 2.17. The van der Waals surface area contributed by atoms with E-state index in [0.29, 0.717) is 18.1 Å². The molecule has 0 aromatic rings. The lowest BCUT2D eigenvalue weighted by Gasteiger charge is -2.27. The van der Waals surface area contributed by atoms with E-state index in [-0.39, 0.29) is 0 Å². The molecule has 0 aromatic carbocycles. The molecule has 4 nitrogen and oxygen atoms in total. The van der Waals surface area contributed by atoms with Gasteiger partial charge in [0.2, 0.25) is 0 Å². The molecule has 2 saturated heterocycles. The molecule has 17 heavy (non-hydrogen) atoms. The average Bonchev–Trinajstić information content (AvgIpc) is 2.66. The van der Waals surface area contributed by atoms with Crippen molar-refractivity contribution in [2.45, 2.75) is 31.9 Å². The number of ether oxygens (including phenoxy) is 2. The van der Waals surface area contributed by atoms with Gasteiger partial charge in [0.15, 0.2) is 0 Å². The van der Waals surface area contributed by atoms with Gasteiger partial charge in [-0.15, -0.1) is 0 Å². The highest BCUT2D eigenvalue weighted by atomic mass is 16.5. The predicted octanol–water partition coefficient (Wildman–Crippen LogP) is 0.722.